The Kier molecular flexibility index (Phi) is 6.05. The van der Waals surface area contributed by atoms with Crippen molar-refractivity contribution in [2.45, 2.75) is 23.1 Å². The molecular weight excluding hydrogens is 428 g/mol. The van der Waals surface area contributed by atoms with Gasteiger partial charge in [-0.3, -0.25) is 9.78 Å². The summed E-state index contributed by atoms with van der Waals surface area (Å²) in [5.74, 6) is -2.19. The monoisotopic (exact) mass is 452 g/mol. The molecule has 11 nitrogen and oxygen atoms in total. The maximum Gasteiger partial charge on any atom is 0.407 e. The van der Waals surface area contributed by atoms with E-state index in [0.29, 0.717) is 12.2 Å². The number of alkyl carbamates (subject to hydrolysis) is 1. The number of fused-ring (bicyclic) bond motifs is 1. The molecule has 0 aromatic carbocycles. The number of aromatic nitrogens is 1. The summed E-state index contributed by atoms with van der Waals surface area (Å²) in [6.07, 6.45) is 1.96. The van der Waals surface area contributed by atoms with Crippen LogP contribution in [0, 0.1) is 0 Å². The Hall–Kier alpha value is -2.99. The zero-order chi connectivity index (χ0) is 23.0. The molecule has 168 valence electrons. The van der Waals surface area contributed by atoms with Crippen LogP contribution in [0.25, 0.3) is 6.08 Å². The smallest absolute Gasteiger partial charge is 0.407 e. The molecule has 3 atom stereocenters. The molecular formula is C19H24N4O7S. The second kappa shape index (κ2) is 8.27. The minimum atomic E-state index is -4.24. The lowest BCUT2D eigenvalue weighted by Gasteiger charge is -2.37. The summed E-state index contributed by atoms with van der Waals surface area (Å²) in [7, 11) is -0.612. The van der Waals surface area contributed by atoms with Crippen molar-refractivity contribution in [1.29, 1.82) is 0 Å². The fraction of sp³-hybridized carbons (Fsp3) is 0.474. The lowest BCUT2D eigenvalue weighted by molar-refractivity contribution is -0.153. The van der Waals surface area contributed by atoms with Gasteiger partial charge < -0.3 is 25.0 Å². The van der Waals surface area contributed by atoms with Crippen LogP contribution in [0.1, 0.15) is 12.6 Å². The third-order valence-electron chi connectivity index (χ3n) is 5.34. The van der Waals surface area contributed by atoms with Crippen LogP contribution in [0.15, 0.2) is 30.0 Å². The number of β-lactam (4-membered cyclic amide) rings is 1. The lowest BCUT2D eigenvalue weighted by Crippen LogP contribution is -2.59. The van der Waals surface area contributed by atoms with Crippen molar-refractivity contribution in [3.05, 3.63) is 35.7 Å². The van der Waals surface area contributed by atoms with Gasteiger partial charge in [-0.25, -0.2) is 18.0 Å². The van der Waals surface area contributed by atoms with Gasteiger partial charge in [0.1, 0.15) is 11.4 Å². The zero-order valence-corrected chi connectivity index (χ0v) is 18.1. The largest absolute Gasteiger partial charge is 0.480 e. The summed E-state index contributed by atoms with van der Waals surface area (Å²) in [5, 5.41) is 10.7. The van der Waals surface area contributed by atoms with E-state index in [1.807, 2.05) is 19.0 Å². The average Bonchev–Trinajstić information content (AvgIpc) is 2.86. The summed E-state index contributed by atoms with van der Waals surface area (Å²) in [4.78, 5) is 43.3. The zero-order valence-electron chi connectivity index (χ0n) is 17.3. The number of carboxylic acid groups (broad SMARTS) is 1. The number of rotatable bonds is 7. The van der Waals surface area contributed by atoms with Crippen LogP contribution in [-0.2, 0) is 24.2 Å². The summed E-state index contributed by atoms with van der Waals surface area (Å²) in [6, 6.07) is 3.25. The molecule has 2 fully saturated rings. The molecule has 0 aliphatic carbocycles. The van der Waals surface area contributed by atoms with Gasteiger partial charge in [0.25, 0.3) is 5.91 Å². The molecule has 2 aliphatic heterocycles. The van der Waals surface area contributed by atoms with Crippen LogP contribution in [-0.4, -0.2) is 96.2 Å². The van der Waals surface area contributed by atoms with Crippen LogP contribution in [0.2, 0.25) is 0 Å². The third kappa shape index (κ3) is 3.88. The highest BCUT2D eigenvalue weighted by Crippen LogP contribution is 2.49. The number of nitrogens with zero attached hydrogens (tertiary/aromatic N) is 3. The molecule has 2 saturated heterocycles. The van der Waals surface area contributed by atoms with E-state index >= 15 is 0 Å². The van der Waals surface area contributed by atoms with Gasteiger partial charge in [-0.2, -0.15) is 0 Å². The maximum absolute atomic E-state index is 13.3. The standard InChI is InChI=1S/C19H24N4O7S/c1-19(11-30-18(27)21-8-9-22(2)3)14(17(25)26)23-15(24)13(16(23)31(19,28)29)10-12-6-4-5-7-20-12/h4-7,10,14,16H,8-9,11H2,1-3H3,(H,21,27)(H,25,26)/b13-10-/t14-,16+,19-/m0/s1. The van der Waals surface area contributed by atoms with Gasteiger partial charge in [0, 0.05) is 19.3 Å². The Morgan fingerprint density at radius 3 is 2.68 bits per heavy atom. The minimum absolute atomic E-state index is 0.0656. The number of carbonyl (C=O) groups is 3. The normalized spacial score (nSPS) is 27.7. The van der Waals surface area contributed by atoms with Gasteiger partial charge in [-0.1, -0.05) is 6.07 Å². The van der Waals surface area contributed by atoms with E-state index in [2.05, 4.69) is 10.3 Å². The van der Waals surface area contributed by atoms with Crippen molar-refractivity contribution in [2.75, 3.05) is 33.8 Å². The predicted molar refractivity (Wildman–Crippen MR) is 110 cm³/mol. The van der Waals surface area contributed by atoms with Crippen molar-refractivity contribution in [1.82, 2.24) is 20.1 Å². The molecule has 3 rings (SSSR count). The summed E-state index contributed by atoms with van der Waals surface area (Å²) < 4.78 is 29.7. The van der Waals surface area contributed by atoms with Crippen LogP contribution in [0.5, 0.6) is 0 Å². The average molecular weight is 452 g/mol. The number of hydrogen-bond donors (Lipinski definition) is 2. The first-order valence-electron chi connectivity index (χ1n) is 9.47. The molecule has 2 N–H and O–H groups in total. The number of ether oxygens (including phenoxy) is 1. The number of sulfone groups is 1. The molecule has 1 aromatic rings. The van der Waals surface area contributed by atoms with E-state index in [1.165, 1.54) is 19.2 Å². The van der Waals surface area contributed by atoms with E-state index in [4.69, 9.17) is 4.74 Å². The SMILES string of the molecule is CN(C)CCNC(=O)OC[C@@]1(C)[C@H](C(=O)O)N2C(=O)/C(=C/c3ccccn3)[C@H]2S1(=O)=O. The van der Waals surface area contributed by atoms with Gasteiger partial charge in [-0.15, -0.1) is 0 Å². The highest BCUT2D eigenvalue weighted by molar-refractivity contribution is 7.94. The number of hydrogen-bond acceptors (Lipinski definition) is 8. The molecule has 0 bridgehead atoms. The van der Waals surface area contributed by atoms with Crippen molar-refractivity contribution in [3.63, 3.8) is 0 Å². The van der Waals surface area contributed by atoms with Gasteiger partial charge in [0.15, 0.2) is 21.3 Å². The summed E-state index contributed by atoms with van der Waals surface area (Å²) >= 11 is 0. The van der Waals surface area contributed by atoms with E-state index in [0.717, 1.165) is 4.90 Å². The number of carboxylic acids is 1. The lowest BCUT2D eigenvalue weighted by atomic mass is 9.94. The van der Waals surface area contributed by atoms with E-state index in [1.54, 1.807) is 18.2 Å². The number of nitrogens with one attached hydrogen (secondary N) is 1. The topological polar surface area (TPSA) is 146 Å². The number of likely N-dealkylation sites (N-methyl/N-ethyl adjacent to an activating group) is 1. The number of aliphatic carboxylic acids is 1. The molecule has 3 heterocycles. The first kappa shape index (κ1) is 22.7. The number of carbonyl (C=O) groups excluding carboxylic acids is 2. The fourth-order valence-electron chi connectivity index (χ4n) is 3.66. The third-order valence-corrected chi connectivity index (χ3v) is 8.05. The highest BCUT2D eigenvalue weighted by Gasteiger charge is 2.72. The van der Waals surface area contributed by atoms with E-state index in [-0.39, 0.29) is 12.1 Å². The Morgan fingerprint density at radius 2 is 2.10 bits per heavy atom. The fourth-order valence-corrected chi connectivity index (χ4v) is 5.93. The second-order valence-electron chi connectivity index (χ2n) is 7.82. The van der Waals surface area contributed by atoms with Gasteiger partial charge in [0.05, 0.1) is 11.3 Å². The number of amides is 2. The van der Waals surface area contributed by atoms with Crippen molar-refractivity contribution >= 4 is 33.9 Å². The minimum Gasteiger partial charge on any atom is -0.480 e. The van der Waals surface area contributed by atoms with E-state index in [9.17, 15) is 27.9 Å². The van der Waals surface area contributed by atoms with Crippen LogP contribution < -0.4 is 5.32 Å². The second-order valence-corrected chi connectivity index (χ2v) is 10.3. The molecule has 0 radical (unpaired) electrons. The van der Waals surface area contributed by atoms with E-state index < -0.39 is 50.6 Å². The van der Waals surface area contributed by atoms with Crippen molar-refractivity contribution in [2.24, 2.45) is 0 Å². The Morgan fingerprint density at radius 1 is 1.39 bits per heavy atom. The first-order valence-corrected chi connectivity index (χ1v) is 11.0. The Labute approximate surface area is 179 Å². The molecule has 2 amide bonds. The summed E-state index contributed by atoms with van der Waals surface area (Å²) in [6.45, 7) is 1.27. The van der Waals surface area contributed by atoms with Gasteiger partial charge in [0.2, 0.25) is 0 Å². The van der Waals surface area contributed by atoms with Crippen molar-refractivity contribution in [3.8, 4) is 0 Å². The van der Waals surface area contributed by atoms with Gasteiger partial charge >= 0.3 is 12.1 Å². The predicted octanol–water partition coefficient (Wildman–Crippen LogP) is -0.439. The van der Waals surface area contributed by atoms with Crippen molar-refractivity contribution < 1.29 is 32.6 Å². The Bertz CT molecular complexity index is 1020. The Balaban J connectivity index is 1.86. The number of pyridine rings is 1. The first-order chi connectivity index (χ1) is 14.5. The highest BCUT2D eigenvalue weighted by atomic mass is 32.2. The molecule has 0 spiro atoms. The van der Waals surface area contributed by atoms with Crippen LogP contribution in [0.3, 0.4) is 0 Å². The van der Waals surface area contributed by atoms with Gasteiger partial charge in [-0.05, 0) is 39.2 Å². The van der Waals surface area contributed by atoms with Crippen LogP contribution in [0.4, 0.5) is 4.79 Å². The quantitative estimate of drug-likeness (QED) is 0.415. The molecule has 2 aliphatic rings. The molecule has 12 heteroatoms. The molecule has 0 unspecified atom stereocenters. The molecule has 1 aromatic heterocycles. The van der Waals surface area contributed by atoms with Crippen LogP contribution >= 0.6 is 0 Å². The maximum atomic E-state index is 13.3. The molecule has 31 heavy (non-hydrogen) atoms. The molecule has 0 saturated carbocycles. The summed E-state index contributed by atoms with van der Waals surface area (Å²) in [5.41, 5.74) is 0.307.